The first-order valence-corrected chi connectivity index (χ1v) is 18.8. The Morgan fingerprint density at radius 2 is 1.75 bits per heavy atom. The molecule has 0 atom stereocenters. The Bertz CT molecular complexity index is 1570. The lowest BCUT2D eigenvalue weighted by atomic mass is 9.51. The average molecular weight is 673 g/mol. The number of aryl methyl sites for hydroxylation is 1. The molecule has 0 aliphatic heterocycles. The molecule has 1 N–H and O–H groups in total. The van der Waals surface area contributed by atoms with Crippen molar-refractivity contribution in [2.24, 2.45) is 11.3 Å². The van der Waals surface area contributed by atoms with Crippen LogP contribution in [0.25, 0.3) is 10.4 Å². The summed E-state index contributed by atoms with van der Waals surface area (Å²) < 4.78 is 11.2. The lowest BCUT2D eigenvalue weighted by molar-refractivity contribution is -0.124. The number of rotatable bonds is 11. The fourth-order valence-electron chi connectivity index (χ4n) is 8.22. The van der Waals surface area contributed by atoms with E-state index in [1.54, 1.807) is 18.4 Å². The van der Waals surface area contributed by atoms with Gasteiger partial charge in [-0.1, -0.05) is 32.9 Å². The Balaban J connectivity index is 1.22. The summed E-state index contributed by atoms with van der Waals surface area (Å²) in [6.45, 7) is 9.78. The number of nitrogens with zero attached hydrogens (tertiary/aromatic N) is 3. The van der Waals surface area contributed by atoms with Crippen molar-refractivity contribution < 1.29 is 19.1 Å². The minimum absolute atomic E-state index is 0.0730. The highest BCUT2D eigenvalue weighted by Crippen LogP contribution is 2.58. The predicted molar refractivity (Wildman–Crippen MR) is 192 cm³/mol. The molecule has 0 spiro atoms. The van der Waals surface area contributed by atoms with Crippen molar-refractivity contribution in [3.8, 4) is 16.2 Å². The SMILES string of the molecule is CCCNC(=O)OC1CCC(C(=O)N(CC23CCC(c4ccc(OC)c(C)c4)(CC2)CC3)c2cc(-c3cnc(C(C)C)s3)ccn2)CC1. The number of thiazole rings is 1. The van der Waals surface area contributed by atoms with Gasteiger partial charge >= 0.3 is 6.09 Å². The number of carbonyl (C=O) groups excluding carboxylic acids is 2. The summed E-state index contributed by atoms with van der Waals surface area (Å²) in [7, 11) is 1.74. The van der Waals surface area contributed by atoms with E-state index in [-0.39, 0.29) is 34.9 Å². The van der Waals surface area contributed by atoms with Gasteiger partial charge in [0.1, 0.15) is 17.7 Å². The van der Waals surface area contributed by atoms with E-state index in [9.17, 15) is 9.59 Å². The molecule has 2 bridgehead atoms. The zero-order valence-electron chi connectivity index (χ0n) is 29.3. The van der Waals surface area contributed by atoms with Crippen molar-refractivity contribution >= 4 is 29.2 Å². The second-order valence-electron chi connectivity index (χ2n) is 14.8. The van der Waals surface area contributed by atoms with E-state index >= 15 is 0 Å². The highest BCUT2D eigenvalue weighted by molar-refractivity contribution is 7.15. The molecule has 1 aromatic carbocycles. The van der Waals surface area contributed by atoms with E-state index in [1.165, 1.54) is 11.1 Å². The van der Waals surface area contributed by atoms with E-state index in [0.29, 0.717) is 44.7 Å². The molecule has 0 saturated heterocycles. The maximum Gasteiger partial charge on any atom is 0.407 e. The van der Waals surface area contributed by atoms with Crippen molar-refractivity contribution in [3.05, 3.63) is 58.9 Å². The number of carbonyl (C=O) groups is 2. The number of pyridine rings is 1. The predicted octanol–water partition coefficient (Wildman–Crippen LogP) is 8.97. The van der Waals surface area contributed by atoms with Gasteiger partial charge in [-0.15, -0.1) is 11.3 Å². The summed E-state index contributed by atoms with van der Waals surface area (Å²) in [5.41, 5.74) is 3.95. The van der Waals surface area contributed by atoms with E-state index in [1.807, 2.05) is 30.3 Å². The molecule has 7 rings (SSSR count). The van der Waals surface area contributed by atoms with Gasteiger partial charge in [0.25, 0.3) is 0 Å². The van der Waals surface area contributed by atoms with Crippen molar-refractivity contribution in [3.63, 3.8) is 0 Å². The second kappa shape index (κ2) is 14.6. The lowest BCUT2D eigenvalue weighted by Crippen LogP contribution is -2.52. The van der Waals surface area contributed by atoms with Crippen LogP contribution in [-0.2, 0) is 14.9 Å². The van der Waals surface area contributed by atoms with Crippen LogP contribution in [0.3, 0.4) is 0 Å². The van der Waals surface area contributed by atoms with Crippen LogP contribution in [-0.4, -0.2) is 48.3 Å². The lowest BCUT2D eigenvalue weighted by Gasteiger charge is -2.55. The third-order valence-electron chi connectivity index (χ3n) is 11.3. The van der Waals surface area contributed by atoms with Gasteiger partial charge in [0.05, 0.1) is 17.0 Å². The van der Waals surface area contributed by atoms with E-state index in [0.717, 1.165) is 72.0 Å². The molecule has 4 aliphatic carbocycles. The molecule has 0 unspecified atom stereocenters. The number of nitrogens with one attached hydrogen (secondary N) is 1. The Morgan fingerprint density at radius 3 is 2.38 bits per heavy atom. The number of ether oxygens (including phenoxy) is 2. The van der Waals surface area contributed by atoms with Crippen LogP contribution >= 0.6 is 11.3 Å². The van der Waals surface area contributed by atoms with Gasteiger partial charge in [0.2, 0.25) is 5.91 Å². The minimum atomic E-state index is -0.354. The molecule has 4 saturated carbocycles. The number of benzene rings is 1. The molecule has 4 aliphatic rings. The molecule has 2 heterocycles. The summed E-state index contributed by atoms with van der Waals surface area (Å²) in [5, 5.41) is 3.92. The van der Waals surface area contributed by atoms with Gasteiger partial charge in [-0.05, 0) is 123 Å². The Morgan fingerprint density at radius 1 is 1.02 bits per heavy atom. The zero-order valence-corrected chi connectivity index (χ0v) is 30.2. The largest absolute Gasteiger partial charge is 0.496 e. The fraction of sp³-hybridized carbons (Fsp3) is 0.590. The van der Waals surface area contributed by atoms with Crippen LogP contribution in [0.15, 0.2) is 42.7 Å². The van der Waals surface area contributed by atoms with Gasteiger partial charge in [-0.25, -0.2) is 14.8 Å². The Labute approximate surface area is 290 Å². The molecular formula is C39H52N4O4S. The van der Waals surface area contributed by atoms with Crippen molar-refractivity contribution in [1.82, 2.24) is 15.3 Å². The summed E-state index contributed by atoms with van der Waals surface area (Å²) in [4.78, 5) is 39.4. The molecule has 3 aromatic rings. The molecule has 9 heteroatoms. The van der Waals surface area contributed by atoms with E-state index < -0.39 is 0 Å². The van der Waals surface area contributed by atoms with Gasteiger partial charge < -0.3 is 14.8 Å². The molecular weight excluding hydrogens is 621 g/mol. The first-order chi connectivity index (χ1) is 23.1. The Hall–Kier alpha value is -3.46. The molecule has 48 heavy (non-hydrogen) atoms. The minimum Gasteiger partial charge on any atom is -0.496 e. The number of aromatic nitrogens is 2. The number of alkyl carbamates (subject to hydrolysis) is 1. The Kier molecular flexibility index (Phi) is 10.4. The number of hydrogen-bond donors (Lipinski definition) is 1. The normalized spacial score (nSPS) is 25.1. The second-order valence-corrected chi connectivity index (χ2v) is 15.9. The third-order valence-corrected chi connectivity index (χ3v) is 12.7. The van der Waals surface area contributed by atoms with Crippen molar-refractivity contribution in [1.29, 1.82) is 0 Å². The standard InChI is InChI=1S/C39H52N4O4S/c1-6-20-41-37(45)47-31-10-7-28(8-11-31)36(44)43(34-23-29(13-21-40-34)33-24-42-35(48-33)26(2)3)25-38-14-17-39(18-15-38,19-16-38)30-9-12-32(46-5)27(4)22-30/h9,12-13,21-24,26,28,31H,6-8,10-11,14-20,25H2,1-5H3,(H,41,45). The van der Waals surface area contributed by atoms with Gasteiger partial charge in [0.15, 0.2) is 0 Å². The van der Waals surface area contributed by atoms with Crippen LogP contribution in [0.1, 0.15) is 113 Å². The first kappa shape index (κ1) is 34.4. The summed E-state index contributed by atoms with van der Waals surface area (Å²) in [6.07, 6.45) is 13.7. The molecule has 4 fully saturated rings. The number of methoxy groups -OCH3 is 1. The first-order valence-electron chi connectivity index (χ1n) is 18.0. The third kappa shape index (κ3) is 7.26. The maximum atomic E-state index is 14.6. The number of anilines is 1. The highest BCUT2D eigenvalue weighted by atomic mass is 32.1. The van der Waals surface area contributed by atoms with Gasteiger partial charge in [0, 0.05) is 37.3 Å². The maximum absolute atomic E-state index is 14.6. The smallest absolute Gasteiger partial charge is 0.407 e. The fourth-order valence-corrected chi connectivity index (χ4v) is 9.14. The van der Waals surface area contributed by atoms with Crippen LogP contribution in [0.4, 0.5) is 10.6 Å². The quantitative estimate of drug-likeness (QED) is 0.219. The van der Waals surface area contributed by atoms with Crippen LogP contribution in [0.5, 0.6) is 5.75 Å². The van der Waals surface area contributed by atoms with Crippen LogP contribution in [0, 0.1) is 18.3 Å². The molecule has 2 amide bonds. The molecule has 258 valence electrons. The van der Waals surface area contributed by atoms with Gasteiger partial charge in [-0.3, -0.25) is 9.69 Å². The topological polar surface area (TPSA) is 93.7 Å². The van der Waals surface area contributed by atoms with E-state index in [2.05, 4.69) is 55.3 Å². The van der Waals surface area contributed by atoms with Crippen LogP contribution in [0.2, 0.25) is 0 Å². The van der Waals surface area contributed by atoms with Crippen molar-refractivity contribution in [2.45, 2.75) is 116 Å². The number of hydrogen-bond acceptors (Lipinski definition) is 7. The highest BCUT2D eigenvalue weighted by Gasteiger charge is 2.51. The number of amides is 2. The number of fused-ring (bicyclic) bond motifs is 3. The summed E-state index contributed by atoms with van der Waals surface area (Å²) >= 11 is 1.71. The van der Waals surface area contributed by atoms with Crippen molar-refractivity contribution in [2.75, 3.05) is 25.1 Å². The molecule has 0 radical (unpaired) electrons. The van der Waals surface area contributed by atoms with E-state index in [4.69, 9.17) is 14.5 Å². The summed E-state index contributed by atoms with van der Waals surface area (Å²) in [5.74, 6) is 2.08. The average Bonchev–Trinajstić information content (AvgIpc) is 3.62. The molecule has 2 aromatic heterocycles. The summed E-state index contributed by atoms with van der Waals surface area (Å²) in [6, 6.07) is 10.8. The van der Waals surface area contributed by atoms with Crippen LogP contribution < -0.4 is 15.0 Å². The zero-order chi connectivity index (χ0) is 33.9. The monoisotopic (exact) mass is 672 g/mol. The molecule has 8 nitrogen and oxygen atoms in total. The van der Waals surface area contributed by atoms with Gasteiger partial charge in [-0.2, -0.15) is 0 Å².